The minimum absolute atomic E-state index is 0.857. The van der Waals surface area contributed by atoms with Crippen molar-refractivity contribution in [3.8, 4) is 0 Å². The lowest BCUT2D eigenvalue weighted by Crippen LogP contribution is -2.09. The molecule has 0 amide bonds. The highest BCUT2D eigenvalue weighted by molar-refractivity contribution is 7.16. The van der Waals surface area contributed by atoms with E-state index in [4.69, 9.17) is 0 Å². The van der Waals surface area contributed by atoms with Crippen molar-refractivity contribution in [2.24, 2.45) is 34.5 Å². The zero-order valence-corrected chi connectivity index (χ0v) is 19.2. The number of rotatable bonds is 4. The summed E-state index contributed by atoms with van der Waals surface area (Å²) in [7, 11) is 4.01. The Kier molecular flexibility index (Phi) is 5.62. The van der Waals surface area contributed by atoms with Crippen LogP contribution in [-0.4, -0.2) is 21.6 Å². The first-order chi connectivity index (χ1) is 15.7. The summed E-state index contributed by atoms with van der Waals surface area (Å²) in [6.07, 6.45) is 3.51. The van der Waals surface area contributed by atoms with Crippen LogP contribution in [0.3, 0.4) is 0 Å². The maximum Gasteiger partial charge on any atom is 0.211 e. The van der Waals surface area contributed by atoms with Crippen LogP contribution in [0.5, 0.6) is 0 Å². The molecule has 0 bridgehead atoms. The summed E-state index contributed by atoms with van der Waals surface area (Å²) in [5.41, 5.74) is 4.21. The van der Waals surface area contributed by atoms with Gasteiger partial charge in [-0.25, -0.2) is 0 Å². The third-order valence-corrected chi connectivity index (χ3v) is 7.25. The zero-order valence-electron chi connectivity index (χ0n) is 17.6. The van der Waals surface area contributed by atoms with Gasteiger partial charge in [0.05, 0.1) is 32.9 Å². The summed E-state index contributed by atoms with van der Waals surface area (Å²) in [6.45, 7) is 0. The van der Waals surface area contributed by atoms with E-state index in [0.29, 0.717) is 0 Å². The van der Waals surface area contributed by atoms with Crippen molar-refractivity contribution in [1.29, 1.82) is 0 Å². The minimum atomic E-state index is 0.857. The molecule has 0 aliphatic rings. The van der Waals surface area contributed by atoms with Crippen molar-refractivity contribution in [1.82, 2.24) is 9.13 Å². The molecule has 0 atom stereocenters. The van der Waals surface area contributed by atoms with Gasteiger partial charge in [-0.05, 0) is 41.5 Å². The summed E-state index contributed by atoms with van der Waals surface area (Å²) < 4.78 is 6.49. The number of nitrogens with zero attached hydrogens (tertiary/aromatic N) is 6. The van der Waals surface area contributed by atoms with Crippen molar-refractivity contribution < 1.29 is 0 Å². The predicted molar refractivity (Wildman–Crippen MR) is 134 cm³/mol. The van der Waals surface area contributed by atoms with E-state index in [2.05, 4.69) is 53.8 Å². The maximum atomic E-state index is 4.40. The van der Waals surface area contributed by atoms with E-state index in [1.54, 1.807) is 35.1 Å². The molecule has 8 heteroatoms. The van der Waals surface area contributed by atoms with Gasteiger partial charge in [0.15, 0.2) is 0 Å². The van der Waals surface area contributed by atoms with E-state index in [1.807, 2.05) is 62.6 Å². The average Bonchev–Trinajstić information content (AvgIpc) is 3.31. The molecular weight excluding hydrogens is 436 g/mol. The molecule has 158 valence electrons. The van der Waals surface area contributed by atoms with Crippen LogP contribution in [0, 0.1) is 0 Å². The summed E-state index contributed by atoms with van der Waals surface area (Å²) >= 11 is 3.24. The lowest BCUT2D eigenvalue weighted by Gasteiger charge is -1.95. The van der Waals surface area contributed by atoms with E-state index in [1.165, 1.54) is 9.40 Å². The normalized spacial score (nSPS) is 13.4. The van der Waals surface area contributed by atoms with Gasteiger partial charge in [0.25, 0.3) is 0 Å². The quantitative estimate of drug-likeness (QED) is 0.279. The zero-order chi connectivity index (χ0) is 21.9. The Morgan fingerprint density at radius 1 is 0.625 bits per heavy atom. The second-order valence-corrected chi connectivity index (χ2v) is 9.20. The van der Waals surface area contributed by atoms with Gasteiger partial charge in [-0.1, -0.05) is 65.1 Å². The number of benzene rings is 3. The first-order valence-electron chi connectivity index (χ1n) is 10.0. The molecular formula is C24H20N6S2. The molecule has 2 aromatic heterocycles. The third kappa shape index (κ3) is 4.10. The van der Waals surface area contributed by atoms with Gasteiger partial charge in [0, 0.05) is 14.1 Å². The molecule has 6 nitrogen and oxygen atoms in total. The van der Waals surface area contributed by atoms with Gasteiger partial charge in [0.2, 0.25) is 9.60 Å². The molecule has 0 saturated carbocycles. The summed E-state index contributed by atoms with van der Waals surface area (Å²) in [4.78, 5) is 1.71. The predicted octanol–water partition coefficient (Wildman–Crippen LogP) is 4.66. The van der Waals surface area contributed by atoms with E-state index in [9.17, 15) is 0 Å². The van der Waals surface area contributed by atoms with E-state index in [0.717, 1.165) is 31.8 Å². The minimum Gasteiger partial charge on any atom is -0.318 e. The molecule has 0 radical (unpaired) electrons. The lowest BCUT2D eigenvalue weighted by atomic mass is 10.1. The summed E-state index contributed by atoms with van der Waals surface area (Å²) in [6, 6.07) is 24.4. The van der Waals surface area contributed by atoms with Crippen LogP contribution < -0.4 is 9.60 Å². The van der Waals surface area contributed by atoms with E-state index < -0.39 is 0 Å². The Hall–Kier alpha value is -3.62. The average molecular weight is 457 g/mol. The molecule has 3 aromatic carbocycles. The largest absolute Gasteiger partial charge is 0.318 e. The second-order valence-electron chi connectivity index (χ2n) is 7.18. The third-order valence-electron chi connectivity index (χ3n) is 5.04. The lowest BCUT2D eigenvalue weighted by molar-refractivity contribution is 0.889. The number of fused-ring (bicyclic) bond motifs is 2. The fourth-order valence-corrected chi connectivity index (χ4v) is 5.32. The van der Waals surface area contributed by atoms with Crippen molar-refractivity contribution in [3.63, 3.8) is 0 Å². The molecule has 0 N–H and O–H groups in total. The Labute approximate surface area is 192 Å². The number of thiazole rings is 2. The van der Waals surface area contributed by atoms with Crippen molar-refractivity contribution in [3.05, 3.63) is 93.5 Å². The highest BCUT2D eigenvalue weighted by atomic mass is 32.1. The fourth-order valence-electron chi connectivity index (χ4n) is 3.37. The fraction of sp³-hybridized carbons (Fsp3) is 0.0833. The molecule has 5 aromatic rings. The Morgan fingerprint density at radius 3 is 1.56 bits per heavy atom. The highest BCUT2D eigenvalue weighted by Gasteiger charge is 2.01. The number of hydrogen-bond donors (Lipinski definition) is 0. The Bertz CT molecular complexity index is 1490. The van der Waals surface area contributed by atoms with E-state index >= 15 is 0 Å². The molecule has 0 aliphatic heterocycles. The molecule has 2 heterocycles. The van der Waals surface area contributed by atoms with Crippen LogP contribution in [0.4, 0.5) is 0 Å². The van der Waals surface area contributed by atoms with Crippen LogP contribution in [-0.2, 0) is 14.1 Å². The van der Waals surface area contributed by atoms with Crippen molar-refractivity contribution >= 4 is 55.5 Å². The van der Waals surface area contributed by atoms with Crippen molar-refractivity contribution in [2.45, 2.75) is 0 Å². The smallest absolute Gasteiger partial charge is 0.211 e. The molecule has 0 aliphatic carbocycles. The van der Waals surface area contributed by atoms with Crippen LogP contribution in [0.15, 0.2) is 93.2 Å². The standard InChI is InChI=1S/C24H20N6S2/c1-29-19-10-3-5-12-21(19)31-23(29)27-25-15-17-8-7-9-18(14-17)16-26-28-24-30(2)20-11-4-6-13-22(20)32-24/h3-16H,1-2H3/b25-15-,26-16-,27-23+,28-24+. The monoisotopic (exact) mass is 456 g/mol. The molecule has 5 rings (SSSR count). The number of hydrogen-bond acceptors (Lipinski definition) is 6. The molecule has 0 spiro atoms. The van der Waals surface area contributed by atoms with Gasteiger partial charge in [-0.15, -0.1) is 10.2 Å². The molecule has 0 fully saturated rings. The molecule has 0 unspecified atom stereocenters. The van der Waals surface area contributed by atoms with Crippen LogP contribution in [0.25, 0.3) is 20.4 Å². The van der Waals surface area contributed by atoms with Gasteiger partial charge >= 0.3 is 0 Å². The number of aromatic nitrogens is 2. The maximum absolute atomic E-state index is 4.40. The number of aryl methyl sites for hydroxylation is 2. The second kappa shape index (κ2) is 8.86. The topological polar surface area (TPSA) is 59.3 Å². The number of para-hydroxylation sites is 2. The summed E-state index contributed by atoms with van der Waals surface area (Å²) in [5, 5.41) is 17.4. The Morgan fingerprint density at radius 2 is 1.09 bits per heavy atom. The summed E-state index contributed by atoms with van der Waals surface area (Å²) in [5.74, 6) is 0. The van der Waals surface area contributed by atoms with Gasteiger partial charge in [-0.2, -0.15) is 10.2 Å². The first-order valence-corrected chi connectivity index (χ1v) is 11.7. The van der Waals surface area contributed by atoms with Gasteiger partial charge < -0.3 is 9.13 Å². The van der Waals surface area contributed by atoms with Crippen LogP contribution in [0.2, 0.25) is 0 Å². The van der Waals surface area contributed by atoms with Gasteiger partial charge in [0.1, 0.15) is 0 Å². The molecule has 0 saturated heterocycles. The Balaban J connectivity index is 1.37. The highest BCUT2D eigenvalue weighted by Crippen LogP contribution is 2.16. The van der Waals surface area contributed by atoms with Crippen molar-refractivity contribution in [2.75, 3.05) is 0 Å². The van der Waals surface area contributed by atoms with Crippen LogP contribution >= 0.6 is 22.7 Å². The molecule has 32 heavy (non-hydrogen) atoms. The SMILES string of the molecule is Cn1/c(=N\N=C/c2cccc(/C=N\N=c3\sc4ccccc4n3C)c2)sc2ccccc21. The first kappa shape index (κ1) is 20.3. The van der Waals surface area contributed by atoms with E-state index in [-0.39, 0.29) is 0 Å². The van der Waals surface area contributed by atoms with Gasteiger partial charge in [-0.3, -0.25) is 0 Å². The van der Waals surface area contributed by atoms with Crippen LogP contribution in [0.1, 0.15) is 11.1 Å².